The first-order chi connectivity index (χ1) is 8.93. The molecule has 0 heterocycles. The molecule has 1 rings (SSSR count). The molecule has 0 aliphatic rings. The van der Waals surface area contributed by atoms with Crippen molar-refractivity contribution in [1.29, 1.82) is 0 Å². The van der Waals surface area contributed by atoms with Gasteiger partial charge in [-0.1, -0.05) is 5.22 Å². The van der Waals surface area contributed by atoms with Gasteiger partial charge in [0.15, 0.2) is 0 Å². The van der Waals surface area contributed by atoms with Gasteiger partial charge in [-0.15, -0.1) is 5.11 Å². The van der Waals surface area contributed by atoms with Crippen LogP contribution in [0.3, 0.4) is 0 Å². The fourth-order valence-electron chi connectivity index (χ4n) is 1.21. The fourth-order valence-corrected chi connectivity index (χ4v) is 1.21. The summed E-state index contributed by atoms with van der Waals surface area (Å²) >= 11 is 0. The van der Waals surface area contributed by atoms with Crippen molar-refractivity contribution in [3.05, 3.63) is 28.3 Å². The van der Waals surface area contributed by atoms with Crippen LogP contribution < -0.4 is 39.4 Å². The molecule has 0 N–H and O–H groups in total. The largest absolute Gasteiger partial charge is 1.00 e. The fraction of sp³-hybridized carbons (Fsp3) is 0.300. The van der Waals surface area contributed by atoms with Crippen molar-refractivity contribution in [3.63, 3.8) is 0 Å². The van der Waals surface area contributed by atoms with E-state index >= 15 is 0 Å². The van der Waals surface area contributed by atoms with Gasteiger partial charge in [-0.05, 0) is 6.07 Å². The third kappa shape index (κ3) is 5.51. The van der Waals surface area contributed by atoms with Gasteiger partial charge in [-0.2, -0.15) is 0 Å². The van der Waals surface area contributed by atoms with Crippen molar-refractivity contribution in [2.45, 2.75) is 0 Å². The van der Waals surface area contributed by atoms with E-state index < -0.39 is 17.4 Å². The van der Waals surface area contributed by atoms with Gasteiger partial charge in [-0.3, -0.25) is 15.1 Å². The van der Waals surface area contributed by atoms with E-state index in [1.807, 2.05) is 0 Å². The quantitative estimate of drug-likeness (QED) is 0.243. The maximum atomic E-state index is 10.6. The van der Waals surface area contributed by atoms with Crippen molar-refractivity contribution < 1.29 is 49.1 Å². The molecule has 10 heteroatoms. The average molecular weight is 290 g/mol. The van der Waals surface area contributed by atoms with Gasteiger partial charge < -0.3 is 14.6 Å². The summed E-state index contributed by atoms with van der Waals surface area (Å²) < 4.78 is 4.97. The summed E-state index contributed by atoms with van der Waals surface area (Å²) in [6.07, 6.45) is 0. The number of ether oxygens (including phenoxy) is 1. The summed E-state index contributed by atoms with van der Waals surface area (Å²) in [5, 5.41) is 29.3. The molecule has 0 saturated carbocycles. The number of aliphatic carboxylic acids is 1. The Balaban J connectivity index is 0.00000361. The Morgan fingerprint density at radius 2 is 2.15 bits per heavy atom. The van der Waals surface area contributed by atoms with Crippen LogP contribution in [0.15, 0.2) is 28.5 Å². The van der Waals surface area contributed by atoms with Gasteiger partial charge in [0.1, 0.15) is 11.4 Å². The summed E-state index contributed by atoms with van der Waals surface area (Å²) in [7, 11) is 2.76. The Kier molecular flexibility index (Phi) is 7.74. The Morgan fingerprint density at radius 1 is 1.50 bits per heavy atom. The van der Waals surface area contributed by atoms with Crippen LogP contribution in [0.25, 0.3) is 0 Å². The molecule has 1 aromatic rings. The molecule has 9 nitrogen and oxygen atoms in total. The number of nitro benzene ring substituents is 1. The van der Waals surface area contributed by atoms with E-state index in [4.69, 9.17) is 4.74 Å². The summed E-state index contributed by atoms with van der Waals surface area (Å²) in [6.45, 7) is -0.444. The maximum absolute atomic E-state index is 10.6. The zero-order chi connectivity index (χ0) is 14.4. The maximum Gasteiger partial charge on any atom is 1.00 e. The molecule has 0 aromatic heterocycles. The number of hydrogen-bond acceptors (Lipinski definition) is 7. The molecular formula is C10H11N4NaO5. The third-order valence-corrected chi connectivity index (χ3v) is 2.04. The van der Waals surface area contributed by atoms with Crippen LogP contribution in [-0.4, -0.2) is 36.6 Å². The molecular weight excluding hydrogens is 279 g/mol. The van der Waals surface area contributed by atoms with E-state index in [0.29, 0.717) is 0 Å². The molecule has 0 fully saturated rings. The van der Waals surface area contributed by atoms with Crippen molar-refractivity contribution in [1.82, 2.24) is 5.01 Å². The van der Waals surface area contributed by atoms with Gasteiger partial charge >= 0.3 is 29.6 Å². The predicted octanol–water partition coefficient (Wildman–Crippen LogP) is -2.71. The van der Waals surface area contributed by atoms with Crippen LogP contribution in [-0.2, 0) is 4.79 Å². The van der Waals surface area contributed by atoms with Gasteiger partial charge in [0.2, 0.25) is 0 Å². The molecule has 0 spiro atoms. The van der Waals surface area contributed by atoms with Gasteiger partial charge in [-0.25, -0.2) is 0 Å². The Hall–Kier alpha value is -1.71. The van der Waals surface area contributed by atoms with E-state index in [1.165, 1.54) is 32.4 Å². The minimum absolute atomic E-state index is 0. The molecule has 102 valence electrons. The molecule has 0 radical (unpaired) electrons. The van der Waals surface area contributed by atoms with Crippen molar-refractivity contribution >= 4 is 17.3 Å². The second-order valence-corrected chi connectivity index (χ2v) is 3.49. The number of methoxy groups -OCH3 is 1. The van der Waals surface area contributed by atoms with E-state index in [1.54, 1.807) is 0 Å². The minimum atomic E-state index is -1.31. The Morgan fingerprint density at radius 3 is 2.65 bits per heavy atom. The first-order valence-electron chi connectivity index (χ1n) is 5.09. The summed E-state index contributed by atoms with van der Waals surface area (Å²) in [5.41, 5.74) is -0.0424. The molecule has 20 heavy (non-hydrogen) atoms. The first-order valence-corrected chi connectivity index (χ1v) is 5.09. The monoisotopic (exact) mass is 290 g/mol. The molecule has 0 unspecified atom stereocenters. The molecule has 0 aliphatic heterocycles. The SMILES string of the molecule is COc1ccc([N+](=O)[O-])cc1N=NN(C)CC(=O)[O-].[Na+]. The number of benzene rings is 1. The van der Waals surface area contributed by atoms with Gasteiger partial charge in [0.05, 0.1) is 24.5 Å². The molecule has 0 atom stereocenters. The summed E-state index contributed by atoms with van der Waals surface area (Å²) in [6, 6.07) is 3.82. The smallest absolute Gasteiger partial charge is 0.548 e. The standard InChI is InChI=1S/C10H12N4O5.Na/c1-13(6-10(15)16)12-11-8-5-7(14(17)18)3-4-9(8)19-2;/h3-5H,6H2,1-2H3,(H,15,16);/q;+1/p-1. The minimum Gasteiger partial charge on any atom is -0.548 e. The van der Waals surface area contributed by atoms with Crippen molar-refractivity contribution in [2.24, 2.45) is 10.3 Å². The second kappa shape index (κ2) is 8.46. The normalized spacial score (nSPS) is 9.90. The van der Waals surface area contributed by atoms with Gasteiger partial charge in [0, 0.05) is 19.2 Å². The van der Waals surface area contributed by atoms with Crippen LogP contribution in [0, 0.1) is 10.1 Å². The predicted molar refractivity (Wildman–Crippen MR) is 61.8 cm³/mol. The molecule has 0 saturated heterocycles. The zero-order valence-electron chi connectivity index (χ0n) is 11.3. The second-order valence-electron chi connectivity index (χ2n) is 3.49. The van der Waals surface area contributed by atoms with Crippen molar-refractivity contribution in [2.75, 3.05) is 20.7 Å². The molecule has 0 bridgehead atoms. The van der Waals surface area contributed by atoms with Crippen LogP contribution in [0.5, 0.6) is 5.75 Å². The Bertz CT molecular complexity index is 522. The molecule has 0 amide bonds. The number of nitrogens with zero attached hydrogens (tertiary/aromatic N) is 4. The number of hydrogen-bond donors (Lipinski definition) is 0. The third-order valence-electron chi connectivity index (χ3n) is 2.04. The topological polar surface area (TPSA) is 120 Å². The zero-order valence-corrected chi connectivity index (χ0v) is 13.3. The number of carboxylic acid groups (broad SMARTS) is 1. The van der Waals surface area contributed by atoms with E-state index in [0.717, 1.165) is 5.01 Å². The number of carbonyl (C=O) groups is 1. The number of nitro groups is 1. The number of rotatable bonds is 6. The van der Waals surface area contributed by atoms with Crippen molar-refractivity contribution in [3.8, 4) is 5.75 Å². The first kappa shape index (κ1) is 18.3. The van der Waals surface area contributed by atoms with E-state index in [-0.39, 0.29) is 46.7 Å². The van der Waals surface area contributed by atoms with E-state index in [2.05, 4.69) is 10.3 Å². The number of non-ortho nitro benzene ring substituents is 1. The van der Waals surface area contributed by atoms with Crippen LogP contribution in [0.4, 0.5) is 11.4 Å². The number of carboxylic acids is 1. The number of likely N-dealkylation sites (N-methyl/N-ethyl adjacent to an activating group) is 1. The van der Waals surface area contributed by atoms with Crippen LogP contribution in [0.1, 0.15) is 0 Å². The van der Waals surface area contributed by atoms with E-state index in [9.17, 15) is 20.0 Å². The number of carbonyl (C=O) groups excluding carboxylic acids is 1. The molecule has 1 aromatic carbocycles. The summed E-state index contributed by atoms with van der Waals surface area (Å²) in [4.78, 5) is 20.4. The van der Waals surface area contributed by atoms with Crippen LogP contribution in [0.2, 0.25) is 0 Å². The Labute approximate surface area is 136 Å². The van der Waals surface area contributed by atoms with Crippen LogP contribution >= 0.6 is 0 Å². The summed E-state index contributed by atoms with van der Waals surface area (Å²) in [5.74, 6) is -1.02. The van der Waals surface area contributed by atoms with Gasteiger partial charge in [0.25, 0.3) is 5.69 Å². The average Bonchev–Trinajstić information content (AvgIpc) is 2.35. The molecule has 0 aliphatic carbocycles.